The van der Waals surface area contributed by atoms with E-state index in [0.29, 0.717) is 23.2 Å². The molecule has 1 aliphatic carbocycles. The molecule has 5 nitrogen and oxygen atoms in total. The van der Waals surface area contributed by atoms with Crippen LogP contribution in [-0.4, -0.2) is 33.5 Å². The second-order valence-electron chi connectivity index (χ2n) is 6.76. The number of amides is 2. The number of urea groups is 1. The number of hydrogen-bond donors (Lipinski definition) is 1. The van der Waals surface area contributed by atoms with Crippen LogP contribution in [-0.2, 0) is 0 Å². The first-order chi connectivity index (χ1) is 10.1. The summed E-state index contributed by atoms with van der Waals surface area (Å²) >= 11 is 0. The Hall–Kier alpha value is -1.65. The van der Waals surface area contributed by atoms with Crippen LogP contribution in [0.4, 0.5) is 10.6 Å². The normalized spacial score (nSPS) is 24.0. The number of likely N-dealkylation sites (tertiary alicyclic amines) is 1. The average molecular weight is 288 g/mol. The van der Waals surface area contributed by atoms with Gasteiger partial charge in [0.25, 0.3) is 0 Å². The summed E-state index contributed by atoms with van der Waals surface area (Å²) in [5, 5.41) is 2.89. The predicted molar refractivity (Wildman–Crippen MR) is 81.9 cm³/mol. The molecule has 5 heteroatoms. The lowest BCUT2D eigenvalue weighted by Crippen LogP contribution is -2.69. The maximum atomic E-state index is 12.5. The van der Waals surface area contributed by atoms with Gasteiger partial charge in [-0.25, -0.2) is 14.8 Å². The number of carbonyl (C=O) groups is 1. The molecule has 21 heavy (non-hydrogen) atoms. The Bertz CT molecular complexity index is 496. The maximum absolute atomic E-state index is 12.5. The fourth-order valence-electron chi connectivity index (χ4n) is 4.27. The topological polar surface area (TPSA) is 58.1 Å². The second-order valence-corrected chi connectivity index (χ2v) is 6.76. The summed E-state index contributed by atoms with van der Waals surface area (Å²) in [6, 6.07) is 2.06. The number of rotatable bonds is 2. The summed E-state index contributed by atoms with van der Waals surface area (Å²) in [7, 11) is 0. The molecule has 1 N–H and O–H groups in total. The number of anilines is 1. The Labute approximate surface area is 126 Å². The second kappa shape index (κ2) is 5.62. The molecule has 1 atom stereocenters. The van der Waals surface area contributed by atoms with Gasteiger partial charge in [-0.3, -0.25) is 5.32 Å². The van der Waals surface area contributed by atoms with Crippen LogP contribution in [0.3, 0.4) is 0 Å². The highest BCUT2D eigenvalue weighted by Crippen LogP contribution is 2.51. The van der Waals surface area contributed by atoms with Crippen molar-refractivity contribution in [2.45, 2.75) is 52.0 Å². The predicted octanol–water partition coefficient (Wildman–Crippen LogP) is 3.30. The van der Waals surface area contributed by atoms with Crippen molar-refractivity contribution in [3.8, 4) is 0 Å². The van der Waals surface area contributed by atoms with Gasteiger partial charge in [-0.05, 0) is 24.8 Å². The SMILES string of the molecule is CC(C)[C@H]1N(C(=O)Nc2ccncn2)CC12CCCCC2. The third-order valence-corrected chi connectivity index (χ3v) is 5.01. The Balaban J connectivity index is 1.69. The molecule has 0 bridgehead atoms. The highest BCUT2D eigenvalue weighted by molar-refractivity contribution is 5.89. The highest BCUT2D eigenvalue weighted by atomic mass is 16.2. The maximum Gasteiger partial charge on any atom is 0.323 e. The monoisotopic (exact) mass is 288 g/mol. The molecule has 3 rings (SSSR count). The van der Waals surface area contributed by atoms with Gasteiger partial charge in [0, 0.05) is 24.2 Å². The first-order valence-corrected chi connectivity index (χ1v) is 7.96. The van der Waals surface area contributed by atoms with Crippen molar-refractivity contribution in [1.29, 1.82) is 0 Å². The van der Waals surface area contributed by atoms with Gasteiger partial charge in [0.05, 0.1) is 0 Å². The molecule has 0 aromatic carbocycles. The standard InChI is InChI=1S/C16H24N4O/c1-12(2)14-16(7-4-3-5-8-16)10-20(14)15(21)19-13-6-9-17-11-18-13/h6,9,11-12,14H,3-5,7-8,10H2,1-2H3,(H,17,18,19,21)/t14-/m1/s1. The molecular formula is C16H24N4O. The zero-order valence-corrected chi connectivity index (χ0v) is 12.9. The van der Waals surface area contributed by atoms with Crippen molar-refractivity contribution in [3.63, 3.8) is 0 Å². The summed E-state index contributed by atoms with van der Waals surface area (Å²) in [5.41, 5.74) is 0.370. The lowest BCUT2D eigenvalue weighted by atomic mass is 9.60. The molecular weight excluding hydrogens is 264 g/mol. The largest absolute Gasteiger partial charge is 0.323 e. The van der Waals surface area contributed by atoms with Crippen molar-refractivity contribution in [2.24, 2.45) is 11.3 Å². The Kier molecular flexibility index (Phi) is 3.83. The summed E-state index contributed by atoms with van der Waals surface area (Å²) in [5.74, 6) is 1.06. The number of nitrogens with zero attached hydrogens (tertiary/aromatic N) is 3. The molecule has 1 aromatic heterocycles. The molecule has 1 aromatic rings. The Morgan fingerprint density at radius 2 is 2.14 bits per heavy atom. The van der Waals surface area contributed by atoms with Crippen LogP contribution in [0.25, 0.3) is 0 Å². The average Bonchev–Trinajstić information content (AvgIpc) is 2.46. The third-order valence-electron chi connectivity index (χ3n) is 5.01. The van der Waals surface area contributed by atoms with Crippen LogP contribution in [0, 0.1) is 11.3 Å². The van der Waals surface area contributed by atoms with E-state index in [4.69, 9.17) is 0 Å². The quantitative estimate of drug-likeness (QED) is 0.908. The van der Waals surface area contributed by atoms with E-state index in [9.17, 15) is 4.79 Å². The first kappa shape index (κ1) is 14.3. The van der Waals surface area contributed by atoms with Crippen LogP contribution in [0.5, 0.6) is 0 Å². The summed E-state index contributed by atoms with van der Waals surface area (Å²) in [6.45, 7) is 5.35. The molecule has 2 amide bonds. The van der Waals surface area contributed by atoms with Crippen molar-refractivity contribution >= 4 is 11.8 Å². The lowest BCUT2D eigenvalue weighted by molar-refractivity contribution is -0.0854. The van der Waals surface area contributed by atoms with Gasteiger partial charge in [-0.1, -0.05) is 33.1 Å². The Morgan fingerprint density at radius 1 is 1.38 bits per heavy atom. The molecule has 2 heterocycles. The minimum Gasteiger partial charge on any atom is -0.320 e. The van der Waals surface area contributed by atoms with Crippen molar-refractivity contribution in [1.82, 2.24) is 14.9 Å². The molecule has 1 saturated carbocycles. The summed E-state index contributed by atoms with van der Waals surface area (Å²) in [6.07, 6.45) is 9.60. The van der Waals surface area contributed by atoms with E-state index >= 15 is 0 Å². The number of nitrogens with one attached hydrogen (secondary N) is 1. The molecule has 0 radical (unpaired) electrons. The van der Waals surface area contributed by atoms with Crippen LogP contribution in [0.15, 0.2) is 18.6 Å². The highest BCUT2D eigenvalue weighted by Gasteiger charge is 2.55. The fourth-order valence-corrected chi connectivity index (χ4v) is 4.27. The molecule has 0 unspecified atom stereocenters. The molecule has 114 valence electrons. The van der Waals surface area contributed by atoms with Gasteiger partial charge in [-0.2, -0.15) is 0 Å². The van der Waals surface area contributed by atoms with Crippen molar-refractivity contribution in [2.75, 3.05) is 11.9 Å². The number of aromatic nitrogens is 2. The van der Waals surface area contributed by atoms with E-state index < -0.39 is 0 Å². The summed E-state index contributed by atoms with van der Waals surface area (Å²) < 4.78 is 0. The molecule has 2 fully saturated rings. The number of hydrogen-bond acceptors (Lipinski definition) is 3. The third kappa shape index (κ3) is 2.61. The van der Waals surface area contributed by atoms with E-state index in [1.165, 1.54) is 38.4 Å². The van der Waals surface area contributed by atoms with Crippen LogP contribution in [0.2, 0.25) is 0 Å². The van der Waals surface area contributed by atoms with Gasteiger partial charge in [0.15, 0.2) is 0 Å². The van der Waals surface area contributed by atoms with Crippen LogP contribution < -0.4 is 5.32 Å². The first-order valence-electron chi connectivity index (χ1n) is 7.96. The minimum absolute atomic E-state index is 0.0244. The molecule has 1 spiro atoms. The zero-order valence-electron chi connectivity index (χ0n) is 12.9. The van der Waals surface area contributed by atoms with Crippen molar-refractivity contribution in [3.05, 3.63) is 18.6 Å². The minimum atomic E-state index is -0.0244. The van der Waals surface area contributed by atoms with Crippen molar-refractivity contribution < 1.29 is 4.79 Å². The van der Waals surface area contributed by atoms with Gasteiger partial charge in [0.2, 0.25) is 0 Å². The summed E-state index contributed by atoms with van der Waals surface area (Å²) in [4.78, 5) is 22.4. The van der Waals surface area contributed by atoms with Gasteiger partial charge in [0.1, 0.15) is 12.1 Å². The van der Waals surface area contributed by atoms with Gasteiger partial charge >= 0.3 is 6.03 Å². The van der Waals surface area contributed by atoms with E-state index in [1.807, 2.05) is 4.90 Å². The Morgan fingerprint density at radius 3 is 2.76 bits per heavy atom. The molecule has 1 aliphatic heterocycles. The zero-order chi connectivity index (χ0) is 14.9. The molecule has 1 saturated heterocycles. The van der Waals surface area contributed by atoms with Gasteiger partial charge < -0.3 is 4.90 Å². The van der Waals surface area contributed by atoms with E-state index in [-0.39, 0.29) is 6.03 Å². The fraction of sp³-hybridized carbons (Fsp3) is 0.688. The van der Waals surface area contributed by atoms with E-state index in [0.717, 1.165) is 6.54 Å². The van der Waals surface area contributed by atoms with E-state index in [1.54, 1.807) is 12.3 Å². The number of carbonyl (C=O) groups excluding carboxylic acids is 1. The van der Waals surface area contributed by atoms with Gasteiger partial charge in [-0.15, -0.1) is 0 Å². The van der Waals surface area contributed by atoms with Crippen LogP contribution in [0.1, 0.15) is 46.0 Å². The lowest BCUT2D eigenvalue weighted by Gasteiger charge is -2.61. The smallest absolute Gasteiger partial charge is 0.320 e. The van der Waals surface area contributed by atoms with Crippen LogP contribution >= 0.6 is 0 Å². The molecule has 2 aliphatic rings. The van der Waals surface area contributed by atoms with E-state index in [2.05, 4.69) is 29.1 Å².